The Bertz CT molecular complexity index is 317. The van der Waals surface area contributed by atoms with Crippen molar-refractivity contribution in [2.24, 2.45) is 0 Å². The Morgan fingerprint density at radius 3 is 3.19 bits per heavy atom. The molecule has 5 heteroatoms. The standard InChI is InChI=1S/C11H19N3OS/c1-2-16-10-3-4-11(10,15)7-12-5-9-6-13-8-14-9/h6,8,10,12,15H,2-5,7H2,1H3,(H,13,14). The minimum absolute atomic E-state index is 0.409. The van der Waals surface area contributed by atoms with Gasteiger partial charge < -0.3 is 15.4 Å². The van der Waals surface area contributed by atoms with E-state index in [2.05, 4.69) is 22.2 Å². The van der Waals surface area contributed by atoms with Gasteiger partial charge in [-0.1, -0.05) is 6.92 Å². The van der Waals surface area contributed by atoms with E-state index in [0.29, 0.717) is 11.8 Å². The lowest BCUT2D eigenvalue weighted by Crippen LogP contribution is -2.56. The summed E-state index contributed by atoms with van der Waals surface area (Å²) in [5, 5.41) is 14.0. The van der Waals surface area contributed by atoms with Crippen LogP contribution in [-0.4, -0.2) is 38.2 Å². The molecule has 0 aromatic carbocycles. The molecular formula is C11H19N3OS. The lowest BCUT2D eigenvalue weighted by Gasteiger charge is -2.45. The zero-order valence-electron chi connectivity index (χ0n) is 9.57. The molecule has 1 aliphatic carbocycles. The molecule has 1 aromatic heterocycles. The second-order valence-electron chi connectivity index (χ2n) is 4.27. The van der Waals surface area contributed by atoms with Crippen LogP contribution in [0, 0.1) is 0 Å². The molecule has 1 heterocycles. The van der Waals surface area contributed by atoms with E-state index in [0.717, 1.165) is 30.8 Å². The van der Waals surface area contributed by atoms with Crippen LogP contribution in [0.4, 0.5) is 0 Å². The van der Waals surface area contributed by atoms with Gasteiger partial charge in [-0.25, -0.2) is 4.98 Å². The van der Waals surface area contributed by atoms with Crippen LogP contribution in [0.2, 0.25) is 0 Å². The Labute approximate surface area is 100 Å². The quantitative estimate of drug-likeness (QED) is 0.699. The third kappa shape index (κ3) is 2.59. The smallest absolute Gasteiger partial charge is 0.0922 e. The summed E-state index contributed by atoms with van der Waals surface area (Å²) < 4.78 is 0. The van der Waals surface area contributed by atoms with Crippen LogP contribution >= 0.6 is 11.8 Å². The van der Waals surface area contributed by atoms with E-state index in [1.807, 2.05) is 11.8 Å². The number of thioether (sulfide) groups is 1. The van der Waals surface area contributed by atoms with Crippen LogP contribution in [-0.2, 0) is 6.54 Å². The van der Waals surface area contributed by atoms with Gasteiger partial charge in [0.25, 0.3) is 0 Å². The number of aromatic nitrogens is 2. The summed E-state index contributed by atoms with van der Waals surface area (Å²) in [6.07, 6.45) is 5.53. The molecule has 4 nitrogen and oxygen atoms in total. The van der Waals surface area contributed by atoms with Crippen LogP contribution in [0.1, 0.15) is 25.5 Å². The van der Waals surface area contributed by atoms with Crippen LogP contribution in [0.25, 0.3) is 0 Å². The molecule has 0 amide bonds. The number of aromatic amines is 1. The third-order valence-corrected chi connectivity index (χ3v) is 4.52. The fourth-order valence-corrected chi connectivity index (χ4v) is 3.23. The van der Waals surface area contributed by atoms with E-state index >= 15 is 0 Å². The van der Waals surface area contributed by atoms with Gasteiger partial charge in [0.1, 0.15) is 0 Å². The third-order valence-electron chi connectivity index (χ3n) is 3.11. The summed E-state index contributed by atoms with van der Waals surface area (Å²) >= 11 is 1.86. The first-order chi connectivity index (χ1) is 7.74. The lowest BCUT2D eigenvalue weighted by molar-refractivity contribution is -0.0235. The molecule has 2 rings (SSSR count). The molecule has 1 aromatic rings. The summed E-state index contributed by atoms with van der Waals surface area (Å²) in [6, 6.07) is 0. The highest BCUT2D eigenvalue weighted by Crippen LogP contribution is 2.40. The van der Waals surface area contributed by atoms with Crippen molar-refractivity contribution in [2.75, 3.05) is 12.3 Å². The van der Waals surface area contributed by atoms with Crippen molar-refractivity contribution in [1.29, 1.82) is 0 Å². The first-order valence-electron chi connectivity index (χ1n) is 5.76. The van der Waals surface area contributed by atoms with Gasteiger partial charge in [0.15, 0.2) is 0 Å². The minimum Gasteiger partial charge on any atom is -0.387 e. The molecule has 2 unspecified atom stereocenters. The molecule has 0 saturated heterocycles. The maximum Gasteiger partial charge on any atom is 0.0922 e. The largest absolute Gasteiger partial charge is 0.387 e. The molecule has 0 bridgehead atoms. The summed E-state index contributed by atoms with van der Waals surface area (Å²) in [5.74, 6) is 1.08. The number of nitrogens with one attached hydrogen (secondary N) is 2. The summed E-state index contributed by atoms with van der Waals surface area (Å²) in [5.41, 5.74) is 0.559. The summed E-state index contributed by atoms with van der Waals surface area (Å²) in [7, 11) is 0. The molecule has 3 N–H and O–H groups in total. The highest BCUT2D eigenvalue weighted by atomic mass is 32.2. The zero-order chi connectivity index (χ0) is 11.4. The number of nitrogens with zero attached hydrogens (tertiary/aromatic N) is 1. The topological polar surface area (TPSA) is 60.9 Å². The highest BCUT2D eigenvalue weighted by molar-refractivity contribution is 8.00. The molecule has 90 valence electrons. The van der Waals surface area contributed by atoms with Gasteiger partial charge >= 0.3 is 0 Å². The average Bonchev–Trinajstić information content (AvgIpc) is 2.77. The van der Waals surface area contributed by atoms with E-state index in [1.54, 1.807) is 12.5 Å². The summed E-state index contributed by atoms with van der Waals surface area (Å²) in [6.45, 7) is 3.55. The number of hydrogen-bond donors (Lipinski definition) is 3. The first kappa shape index (κ1) is 12.0. The predicted molar refractivity (Wildman–Crippen MR) is 66.4 cm³/mol. The fourth-order valence-electron chi connectivity index (χ4n) is 2.03. The molecule has 0 aliphatic heterocycles. The lowest BCUT2D eigenvalue weighted by atomic mass is 9.79. The minimum atomic E-state index is -0.499. The Hall–Kier alpha value is -0.520. The number of H-pyrrole nitrogens is 1. The second kappa shape index (κ2) is 5.21. The number of rotatable bonds is 6. The SMILES string of the molecule is CCSC1CCC1(O)CNCc1cnc[nH]1. The van der Waals surface area contributed by atoms with E-state index in [4.69, 9.17) is 0 Å². The van der Waals surface area contributed by atoms with Crippen molar-refractivity contribution in [3.63, 3.8) is 0 Å². The molecular weight excluding hydrogens is 222 g/mol. The van der Waals surface area contributed by atoms with Gasteiger partial charge in [0.2, 0.25) is 0 Å². The molecule has 1 saturated carbocycles. The molecule has 1 fully saturated rings. The van der Waals surface area contributed by atoms with E-state index in [-0.39, 0.29) is 0 Å². The van der Waals surface area contributed by atoms with E-state index in [9.17, 15) is 5.11 Å². The Morgan fingerprint density at radius 2 is 2.62 bits per heavy atom. The van der Waals surface area contributed by atoms with Crippen molar-refractivity contribution in [1.82, 2.24) is 15.3 Å². The van der Waals surface area contributed by atoms with Crippen molar-refractivity contribution in [2.45, 2.75) is 37.2 Å². The summed E-state index contributed by atoms with van der Waals surface area (Å²) in [4.78, 5) is 6.99. The van der Waals surface area contributed by atoms with E-state index in [1.165, 1.54) is 0 Å². The fraction of sp³-hybridized carbons (Fsp3) is 0.727. The zero-order valence-corrected chi connectivity index (χ0v) is 10.4. The van der Waals surface area contributed by atoms with Crippen LogP contribution in [0.3, 0.4) is 0 Å². The monoisotopic (exact) mass is 241 g/mol. The van der Waals surface area contributed by atoms with Crippen LogP contribution < -0.4 is 5.32 Å². The molecule has 2 atom stereocenters. The van der Waals surface area contributed by atoms with Crippen molar-refractivity contribution < 1.29 is 5.11 Å². The van der Waals surface area contributed by atoms with Gasteiger partial charge in [-0.3, -0.25) is 0 Å². The normalized spacial score (nSPS) is 29.0. The molecule has 0 spiro atoms. The molecule has 0 radical (unpaired) electrons. The average molecular weight is 241 g/mol. The van der Waals surface area contributed by atoms with Gasteiger partial charge in [0.05, 0.1) is 11.9 Å². The maximum atomic E-state index is 10.3. The van der Waals surface area contributed by atoms with Gasteiger partial charge in [-0.2, -0.15) is 11.8 Å². The van der Waals surface area contributed by atoms with Crippen LogP contribution in [0.15, 0.2) is 12.5 Å². The van der Waals surface area contributed by atoms with Gasteiger partial charge in [0, 0.05) is 30.2 Å². The Balaban J connectivity index is 1.73. The predicted octanol–water partition coefficient (Wildman–Crippen LogP) is 1.15. The Kier molecular flexibility index (Phi) is 3.89. The van der Waals surface area contributed by atoms with Gasteiger partial charge in [-0.15, -0.1) is 0 Å². The maximum absolute atomic E-state index is 10.3. The van der Waals surface area contributed by atoms with Gasteiger partial charge in [-0.05, 0) is 18.6 Å². The van der Waals surface area contributed by atoms with Crippen molar-refractivity contribution >= 4 is 11.8 Å². The first-order valence-corrected chi connectivity index (χ1v) is 6.81. The highest BCUT2D eigenvalue weighted by Gasteiger charge is 2.44. The van der Waals surface area contributed by atoms with Crippen molar-refractivity contribution in [3.8, 4) is 0 Å². The number of hydrogen-bond acceptors (Lipinski definition) is 4. The number of imidazole rings is 1. The second-order valence-corrected chi connectivity index (χ2v) is 5.75. The van der Waals surface area contributed by atoms with E-state index < -0.39 is 5.60 Å². The molecule has 16 heavy (non-hydrogen) atoms. The Morgan fingerprint density at radius 1 is 1.75 bits per heavy atom. The number of aliphatic hydroxyl groups is 1. The molecule has 1 aliphatic rings. The van der Waals surface area contributed by atoms with Crippen molar-refractivity contribution in [3.05, 3.63) is 18.2 Å². The van der Waals surface area contributed by atoms with Crippen LogP contribution in [0.5, 0.6) is 0 Å².